The summed E-state index contributed by atoms with van der Waals surface area (Å²) >= 11 is 0. The van der Waals surface area contributed by atoms with Crippen molar-refractivity contribution in [3.63, 3.8) is 0 Å². The quantitative estimate of drug-likeness (QED) is 0.703. The van der Waals surface area contributed by atoms with Crippen LogP contribution in [0.1, 0.15) is 52.4 Å². The van der Waals surface area contributed by atoms with Crippen molar-refractivity contribution in [3.8, 4) is 0 Å². The Bertz CT molecular complexity index is 170. The summed E-state index contributed by atoms with van der Waals surface area (Å²) in [6, 6.07) is 0. The smallest absolute Gasteiger partial charge is 0.0212 e. The Balaban J connectivity index is 2.05. The van der Waals surface area contributed by atoms with E-state index in [4.69, 9.17) is 0 Å². The van der Waals surface area contributed by atoms with Gasteiger partial charge in [-0.05, 0) is 44.1 Å². The molecule has 1 N–H and O–H groups in total. The van der Waals surface area contributed by atoms with Crippen LogP contribution < -0.4 is 5.32 Å². The molecular formula is C12H23N. The van der Waals surface area contributed by atoms with Crippen LogP contribution >= 0.6 is 0 Å². The highest BCUT2D eigenvalue weighted by molar-refractivity contribution is 5.05. The van der Waals surface area contributed by atoms with E-state index < -0.39 is 0 Å². The van der Waals surface area contributed by atoms with E-state index in [-0.39, 0.29) is 0 Å². The van der Waals surface area contributed by atoms with Crippen LogP contribution in [0.2, 0.25) is 0 Å². The van der Waals surface area contributed by atoms with Gasteiger partial charge in [0, 0.05) is 5.54 Å². The molecule has 2 aliphatic rings. The SMILES string of the molecule is CCC[C@@]1(NCC)C[C@H]2CC[C@H]1C2. The second-order valence-corrected chi connectivity index (χ2v) is 5.02. The van der Waals surface area contributed by atoms with Crippen LogP contribution in [0, 0.1) is 11.8 Å². The molecule has 2 rings (SSSR count). The van der Waals surface area contributed by atoms with Gasteiger partial charge >= 0.3 is 0 Å². The Labute approximate surface area is 82.3 Å². The van der Waals surface area contributed by atoms with Crippen LogP contribution in [0.15, 0.2) is 0 Å². The molecule has 0 saturated heterocycles. The van der Waals surface area contributed by atoms with E-state index in [2.05, 4.69) is 19.2 Å². The Morgan fingerprint density at radius 3 is 2.62 bits per heavy atom. The van der Waals surface area contributed by atoms with Crippen molar-refractivity contribution >= 4 is 0 Å². The highest BCUT2D eigenvalue weighted by Crippen LogP contribution is 2.52. The maximum absolute atomic E-state index is 3.79. The zero-order valence-electron chi connectivity index (χ0n) is 9.10. The fourth-order valence-corrected chi connectivity index (χ4v) is 3.85. The molecule has 1 nitrogen and oxygen atoms in total. The van der Waals surface area contributed by atoms with Gasteiger partial charge < -0.3 is 5.32 Å². The molecule has 1 heteroatoms. The van der Waals surface area contributed by atoms with E-state index in [0.29, 0.717) is 5.54 Å². The van der Waals surface area contributed by atoms with Gasteiger partial charge in [0.2, 0.25) is 0 Å². The molecule has 2 fully saturated rings. The first-order valence-electron chi connectivity index (χ1n) is 6.05. The van der Waals surface area contributed by atoms with Crippen molar-refractivity contribution in [2.75, 3.05) is 6.54 Å². The van der Waals surface area contributed by atoms with E-state index in [1.807, 2.05) is 0 Å². The summed E-state index contributed by atoms with van der Waals surface area (Å²) in [4.78, 5) is 0. The molecule has 0 aromatic rings. The summed E-state index contributed by atoms with van der Waals surface area (Å²) < 4.78 is 0. The largest absolute Gasteiger partial charge is 0.311 e. The monoisotopic (exact) mass is 181 g/mol. The molecule has 2 aliphatic carbocycles. The second-order valence-electron chi connectivity index (χ2n) is 5.02. The lowest BCUT2D eigenvalue weighted by molar-refractivity contribution is 0.195. The average Bonchev–Trinajstić information content (AvgIpc) is 2.64. The van der Waals surface area contributed by atoms with E-state index in [1.54, 1.807) is 0 Å². The van der Waals surface area contributed by atoms with Crippen LogP contribution in [-0.2, 0) is 0 Å². The van der Waals surface area contributed by atoms with Crippen molar-refractivity contribution in [2.45, 2.75) is 57.9 Å². The molecule has 0 spiro atoms. The molecule has 0 heterocycles. The Kier molecular flexibility index (Phi) is 2.64. The summed E-state index contributed by atoms with van der Waals surface area (Å²) in [7, 11) is 0. The van der Waals surface area contributed by atoms with Crippen LogP contribution in [0.25, 0.3) is 0 Å². The number of hydrogen-bond acceptors (Lipinski definition) is 1. The maximum atomic E-state index is 3.79. The van der Waals surface area contributed by atoms with Gasteiger partial charge in [0.05, 0.1) is 0 Å². The predicted octanol–water partition coefficient (Wildman–Crippen LogP) is 2.95. The summed E-state index contributed by atoms with van der Waals surface area (Å²) in [5.41, 5.74) is 0.562. The first kappa shape index (κ1) is 9.51. The molecule has 0 radical (unpaired) electrons. The van der Waals surface area contributed by atoms with E-state index in [9.17, 15) is 0 Å². The van der Waals surface area contributed by atoms with Gasteiger partial charge in [0.15, 0.2) is 0 Å². The molecule has 2 saturated carbocycles. The lowest BCUT2D eigenvalue weighted by Crippen LogP contribution is -2.49. The average molecular weight is 181 g/mol. The second kappa shape index (κ2) is 3.61. The first-order valence-corrected chi connectivity index (χ1v) is 6.05. The van der Waals surface area contributed by atoms with Gasteiger partial charge in [0.25, 0.3) is 0 Å². The zero-order valence-corrected chi connectivity index (χ0v) is 9.10. The third kappa shape index (κ3) is 1.52. The minimum Gasteiger partial charge on any atom is -0.311 e. The Morgan fingerprint density at radius 2 is 2.15 bits per heavy atom. The van der Waals surface area contributed by atoms with E-state index >= 15 is 0 Å². The topological polar surface area (TPSA) is 12.0 Å². The fourth-order valence-electron chi connectivity index (χ4n) is 3.85. The minimum absolute atomic E-state index is 0.562. The van der Waals surface area contributed by atoms with Crippen molar-refractivity contribution in [2.24, 2.45) is 11.8 Å². The molecule has 76 valence electrons. The predicted molar refractivity (Wildman–Crippen MR) is 56.8 cm³/mol. The molecule has 13 heavy (non-hydrogen) atoms. The fraction of sp³-hybridized carbons (Fsp3) is 1.00. The van der Waals surface area contributed by atoms with Crippen LogP contribution in [-0.4, -0.2) is 12.1 Å². The lowest BCUT2D eigenvalue weighted by Gasteiger charge is -2.38. The van der Waals surface area contributed by atoms with E-state index in [1.165, 1.54) is 38.5 Å². The first-order chi connectivity index (χ1) is 6.30. The van der Waals surface area contributed by atoms with Crippen molar-refractivity contribution in [3.05, 3.63) is 0 Å². The molecule has 2 bridgehead atoms. The molecule has 0 aromatic carbocycles. The highest BCUT2D eigenvalue weighted by atomic mass is 15.0. The third-order valence-corrected chi connectivity index (χ3v) is 4.20. The molecule has 0 aromatic heterocycles. The maximum Gasteiger partial charge on any atom is 0.0212 e. The summed E-state index contributed by atoms with van der Waals surface area (Å²) in [6.45, 7) is 5.73. The standard InChI is InChI=1S/C12H23N/c1-3-7-12(13-4-2)9-10-5-6-11(12)8-10/h10-11,13H,3-9H2,1-2H3/t10-,11-,12+/m0/s1. The van der Waals surface area contributed by atoms with Crippen LogP contribution in [0.5, 0.6) is 0 Å². The Morgan fingerprint density at radius 1 is 1.31 bits per heavy atom. The van der Waals surface area contributed by atoms with Gasteiger partial charge in [-0.3, -0.25) is 0 Å². The van der Waals surface area contributed by atoms with Gasteiger partial charge in [-0.15, -0.1) is 0 Å². The zero-order chi connectivity index (χ0) is 9.31. The van der Waals surface area contributed by atoms with Crippen molar-refractivity contribution in [1.29, 1.82) is 0 Å². The van der Waals surface area contributed by atoms with Crippen LogP contribution in [0.3, 0.4) is 0 Å². The summed E-state index contributed by atoms with van der Waals surface area (Å²) in [5, 5.41) is 3.79. The van der Waals surface area contributed by atoms with E-state index in [0.717, 1.165) is 18.4 Å². The Hall–Kier alpha value is -0.0400. The third-order valence-electron chi connectivity index (χ3n) is 4.20. The number of fused-ring (bicyclic) bond motifs is 2. The van der Waals surface area contributed by atoms with Crippen LogP contribution in [0.4, 0.5) is 0 Å². The molecule has 0 unspecified atom stereocenters. The molecular weight excluding hydrogens is 158 g/mol. The minimum atomic E-state index is 0.562. The molecule has 3 atom stereocenters. The van der Waals surface area contributed by atoms with Gasteiger partial charge in [-0.2, -0.15) is 0 Å². The summed E-state index contributed by atoms with van der Waals surface area (Å²) in [6.07, 6.45) is 8.75. The highest BCUT2D eigenvalue weighted by Gasteiger charge is 2.49. The van der Waals surface area contributed by atoms with Crippen molar-refractivity contribution in [1.82, 2.24) is 5.32 Å². The number of hydrogen-bond donors (Lipinski definition) is 1. The molecule has 0 aliphatic heterocycles. The lowest BCUT2D eigenvalue weighted by atomic mass is 9.78. The van der Waals surface area contributed by atoms with Gasteiger partial charge in [-0.1, -0.05) is 26.7 Å². The summed E-state index contributed by atoms with van der Waals surface area (Å²) in [5.74, 6) is 2.08. The van der Waals surface area contributed by atoms with Gasteiger partial charge in [0.1, 0.15) is 0 Å². The van der Waals surface area contributed by atoms with Gasteiger partial charge in [-0.25, -0.2) is 0 Å². The number of nitrogens with one attached hydrogen (secondary N) is 1. The normalized spacial score (nSPS) is 42.9. The number of rotatable bonds is 4. The van der Waals surface area contributed by atoms with Crippen molar-refractivity contribution < 1.29 is 0 Å². The molecule has 0 amide bonds.